The average Bonchev–Trinajstić information content (AvgIpc) is 2.97. The number of hydrogen-bond acceptors (Lipinski definition) is 4. The second-order valence-corrected chi connectivity index (χ2v) is 6.94. The van der Waals surface area contributed by atoms with Gasteiger partial charge in [-0.3, -0.25) is 14.7 Å². The molecule has 2 aromatic rings. The zero-order chi connectivity index (χ0) is 18.6. The van der Waals surface area contributed by atoms with Crippen molar-refractivity contribution in [2.75, 3.05) is 13.1 Å². The van der Waals surface area contributed by atoms with Crippen LogP contribution in [0.1, 0.15) is 43.9 Å². The van der Waals surface area contributed by atoms with Gasteiger partial charge in [-0.15, -0.1) is 0 Å². The van der Waals surface area contributed by atoms with Crippen molar-refractivity contribution in [3.63, 3.8) is 0 Å². The second kappa shape index (κ2) is 7.46. The normalized spacial score (nSPS) is 11.2. The molecule has 0 unspecified atom stereocenters. The summed E-state index contributed by atoms with van der Waals surface area (Å²) in [5, 5.41) is 9.76. The van der Waals surface area contributed by atoms with Crippen LogP contribution in [0, 0.1) is 6.92 Å². The molecule has 0 bridgehead atoms. The van der Waals surface area contributed by atoms with Gasteiger partial charge < -0.3 is 10.2 Å². The predicted octanol–water partition coefficient (Wildman–Crippen LogP) is 2.16. The fourth-order valence-corrected chi connectivity index (χ4v) is 2.37. The van der Waals surface area contributed by atoms with E-state index >= 15 is 0 Å². The number of likely N-dealkylation sites (N-methyl/N-ethyl adjacent to an activating group) is 1. The number of aromatic nitrogens is 3. The molecule has 1 aromatic heterocycles. The quantitative estimate of drug-likeness (QED) is 0.870. The van der Waals surface area contributed by atoms with Crippen molar-refractivity contribution in [1.29, 1.82) is 0 Å². The molecule has 0 atom stereocenters. The maximum Gasteiger partial charge on any atom is 0.254 e. The van der Waals surface area contributed by atoms with Crippen LogP contribution in [-0.2, 0) is 4.79 Å². The Morgan fingerprint density at radius 2 is 1.84 bits per heavy atom. The number of carbonyl (C=O) groups is 2. The third-order valence-corrected chi connectivity index (χ3v) is 3.51. The zero-order valence-corrected chi connectivity index (χ0v) is 15.4. The van der Waals surface area contributed by atoms with Gasteiger partial charge in [0.15, 0.2) is 5.82 Å². The van der Waals surface area contributed by atoms with E-state index in [9.17, 15) is 9.59 Å². The number of hydrogen-bond donors (Lipinski definition) is 2. The van der Waals surface area contributed by atoms with E-state index in [1.54, 1.807) is 24.3 Å². The number of aryl methyl sites for hydroxylation is 1. The summed E-state index contributed by atoms with van der Waals surface area (Å²) in [7, 11) is 0. The molecule has 2 N–H and O–H groups in total. The summed E-state index contributed by atoms with van der Waals surface area (Å²) in [6, 6.07) is 7.07. The minimum atomic E-state index is -0.324. The van der Waals surface area contributed by atoms with Crippen LogP contribution in [0.5, 0.6) is 0 Å². The Morgan fingerprint density at radius 1 is 1.20 bits per heavy atom. The summed E-state index contributed by atoms with van der Waals surface area (Å²) in [5.41, 5.74) is 1.03. The van der Waals surface area contributed by atoms with Gasteiger partial charge in [-0.05, 0) is 46.8 Å². The van der Waals surface area contributed by atoms with Crippen LogP contribution in [0.25, 0.3) is 11.4 Å². The Bertz CT molecular complexity index is 744. The first-order chi connectivity index (χ1) is 11.7. The number of carbonyl (C=O) groups excluding carboxylic acids is 2. The molecule has 0 saturated carbocycles. The highest BCUT2D eigenvalue weighted by atomic mass is 16.2. The number of nitrogens with one attached hydrogen (secondary N) is 2. The van der Waals surface area contributed by atoms with Crippen molar-refractivity contribution < 1.29 is 9.59 Å². The molecule has 0 aliphatic carbocycles. The van der Waals surface area contributed by atoms with Crippen LogP contribution < -0.4 is 5.32 Å². The van der Waals surface area contributed by atoms with E-state index in [0.717, 1.165) is 11.4 Å². The molecule has 7 heteroatoms. The fraction of sp³-hybridized carbons (Fsp3) is 0.444. The SMILES string of the molecule is CCN(CC(=O)NC(C)(C)C)C(=O)c1ccc(-c2n[nH]c(C)n2)cc1. The Morgan fingerprint density at radius 3 is 2.32 bits per heavy atom. The lowest BCUT2D eigenvalue weighted by atomic mass is 10.1. The van der Waals surface area contributed by atoms with E-state index in [1.165, 1.54) is 4.90 Å². The van der Waals surface area contributed by atoms with E-state index in [0.29, 0.717) is 17.9 Å². The van der Waals surface area contributed by atoms with Crippen LogP contribution in [0.4, 0.5) is 0 Å². The maximum absolute atomic E-state index is 12.6. The average molecular weight is 343 g/mol. The molecule has 0 aliphatic rings. The van der Waals surface area contributed by atoms with Gasteiger partial charge in [0.1, 0.15) is 5.82 Å². The molecule has 1 heterocycles. The Kier molecular flexibility index (Phi) is 5.56. The van der Waals surface area contributed by atoms with E-state index in [-0.39, 0.29) is 23.9 Å². The van der Waals surface area contributed by atoms with Gasteiger partial charge in [0.25, 0.3) is 5.91 Å². The molecule has 0 fully saturated rings. The molecule has 2 amide bonds. The Balaban J connectivity index is 2.08. The van der Waals surface area contributed by atoms with Crippen molar-refractivity contribution in [2.45, 2.75) is 40.2 Å². The number of amides is 2. The minimum absolute atomic E-state index is 0.0362. The molecular formula is C18H25N5O2. The van der Waals surface area contributed by atoms with Crippen LogP contribution >= 0.6 is 0 Å². The fourth-order valence-electron chi connectivity index (χ4n) is 2.37. The summed E-state index contributed by atoms with van der Waals surface area (Å²) in [6.07, 6.45) is 0. The number of nitrogens with zero attached hydrogens (tertiary/aromatic N) is 3. The zero-order valence-electron chi connectivity index (χ0n) is 15.4. The maximum atomic E-state index is 12.6. The first kappa shape index (κ1) is 18.6. The first-order valence-corrected chi connectivity index (χ1v) is 8.29. The highest BCUT2D eigenvalue weighted by Gasteiger charge is 2.20. The molecule has 0 saturated heterocycles. The molecule has 7 nitrogen and oxygen atoms in total. The molecule has 0 aliphatic heterocycles. The van der Waals surface area contributed by atoms with Gasteiger partial charge in [0.2, 0.25) is 5.91 Å². The second-order valence-electron chi connectivity index (χ2n) is 6.94. The Labute approximate surface area is 147 Å². The smallest absolute Gasteiger partial charge is 0.254 e. The summed E-state index contributed by atoms with van der Waals surface area (Å²) >= 11 is 0. The highest BCUT2D eigenvalue weighted by Crippen LogP contribution is 2.16. The summed E-state index contributed by atoms with van der Waals surface area (Å²) in [5.74, 6) is 0.977. The lowest BCUT2D eigenvalue weighted by molar-refractivity contribution is -0.123. The Hall–Kier alpha value is -2.70. The molecule has 0 radical (unpaired) electrons. The number of rotatable bonds is 5. The molecule has 1 aromatic carbocycles. The van der Waals surface area contributed by atoms with Crippen LogP contribution in [-0.4, -0.2) is 50.5 Å². The van der Waals surface area contributed by atoms with E-state index < -0.39 is 0 Å². The molecule has 134 valence electrons. The minimum Gasteiger partial charge on any atom is -0.350 e. The lowest BCUT2D eigenvalue weighted by Crippen LogP contribution is -2.47. The monoisotopic (exact) mass is 343 g/mol. The molecule has 0 spiro atoms. The number of H-pyrrole nitrogens is 1. The van der Waals surface area contributed by atoms with E-state index in [4.69, 9.17) is 0 Å². The van der Waals surface area contributed by atoms with Gasteiger partial charge in [-0.25, -0.2) is 4.98 Å². The van der Waals surface area contributed by atoms with E-state index in [1.807, 2.05) is 34.6 Å². The summed E-state index contributed by atoms with van der Waals surface area (Å²) in [6.45, 7) is 9.90. The van der Waals surface area contributed by atoms with E-state index in [2.05, 4.69) is 20.5 Å². The van der Waals surface area contributed by atoms with Crippen molar-refractivity contribution in [2.24, 2.45) is 0 Å². The summed E-state index contributed by atoms with van der Waals surface area (Å²) < 4.78 is 0. The van der Waals surface area contributed by atoms with Gasteiger partial charge in [-0.1, -0.05) is 12.1 Å². The molecule has 25 heavy (non-hydrogen) atoms. The van der Waals surface area contributed by atoms with Gasteiger partial charge in [0, 0.05) is 23.2 Å². The summed E-state index contributed by atoms with van der Waals surface area (Å²) in [4.78, 5) is 30.5. The largest absolute Gasteiger partial charge is 0.350 e. The van der Waals surface area contributed by atoms with Crippen molar-refractivity contribution in [3.05, 3.63) is 35.7 Å². The van der Waals surface area contributed by atoms with Crippen molar-refractivity contribution in [3.8, 4) is 11.4 Å². The van der Waals surface area contributed by atoms with Crippen LogP contribution in [0.3, 0.4) is 0 Å². The molecular weight excluding hydrogens is 318 g/mol. The van der Waals surface area contributed by atoms with Crippen molar-refractivity contribution in [1.82, 2.24) is 25.4 Å². The lowest BCUT2D eigenvalue weighted by Gasteiger charge is -2.25. The van der Waals surface area contributed by atoms with Crippen LogP contribution in [0.2, 0.25) is 0 Å². The first-order valence-electron chi connectivity index (χ1n) is 8.29. The third-order valence-electron chi connectivity index (χ3n) is 3.51. The van der Waals surface area contributed by atoms with Gasteiger partial charge in [0.05, 0.1) is 6.54 Å². The van der Waals surface area contributed by atoms with Gasteiger partial charge >= 0.3 is 0 Å². The van der Waals surface area contributed by atoms with Crippen LogP contribution in [0.15, 0.2) is 24.3 Å². The number of benzene rings is 1. The topological polar surface area (TPSA) is 91.0 Å². The number of aromatic amines is 1. The third kappa shape index (κ3) is 5.14. The molecule has 2 rings (SSSR count). The standard InChI is InChI=1S/C18H25N5O2/c1-6-23(11-15(24)20-18(3,4)5)17(25)14-9-7-13(8-10-14)16-19-12(2)21-22-16/h7-10H,6,11H2,1-5H3,(H,20,24)(H,19,21,22). The van der Waals surface area contributed by atoms with Crippen molar-refractivity contribution >= 4 is 11.8 Å². The van der Waals surface area contributed by atoms with Gasteiger partial charge in [-0.2, -0.15) is 5.10 Å². The predicted molar refractivity (Wildman–Crippen MR) is 96.0 cm³/mol. The highest BCUT2D eigenvalue weighted by molar-refractivity contribution is 5.96.